The molecule has 30 heavy (non-hydrogen) atoms. The van der Waals surface area contributed by atoms with Gasteiger partial charge >= 0.3 is 0 Å². The lowest BCUT2D eigenvalue weighted by Gasteiger charge is -2.19. The molecule has 0 saturated carbocycles. The van der Waals surface area contributed by atoms with Gasteiger partial charge in [0.1, 0.15) is 5.01 Å². The molecule has 0 unspecified atom stereocenters. The van der Waals surface area contributed by atoms with Crippen LogP contribution in [0.25, 0.3) is 22.0 Å². The lowest BCUT2D eigenvalue weighted by atomic mass is 10.2. The van der Waals surface area contributed by atoms with Gasteiger partial charge in [-0.1, -0.05) is 30.7 Å². The monoisotopic (exact) mass is 458 g/mol. The van der Waals surface area contributed by atoms with Crippen molar-refractivity contribution in [3.8, 4) is 22.0 Å². The summed E-state index contributed by atoms with van der Waals surface area (Å²) in [5.41, 5.74) is 2.54. The SMILES string of the molecule is CCCN(Cc1nnc(-c2ccccc2Cl)o1)C(=O)Cc1csc(-c2ccsc2)n1. The first-order chi connectivity index (χ1) is 14.6. The average molecular weight is 459 g/mol. The molecule has 3 heterocycles. The summed E-state index contributed by atoms with van der Waals surface area (Å²) in [6.45, 7) is 2.89. The van der Waals surface area contributed by atoms with Crippen LogP contribution in [-0.4, -0.2) is 32.5 Å². The molecule has 3 aromatic heterocycles. The number of nitrogens with zero attached hydrogens (tertiary/aromatic N) is 4. The van der Waals surface area contributed by atoms with Crippen LogP contribution in [0, 0.1) is 0 Å². The molecule has 0 radical (unpaired) electrons. The second kappa shape index (κ2) is 9.51. The second-order valence-electron chi connectivity index (χ2n) is 6.63. The largest absolute Gasteiger partial charge is 0.419 e. The first-order valence-electron chi connectivity index (χ1n) is 9.46. The number of thiophene rings is 1. The van der Waals surface area contributed by atoms with Crippen molar-refractivity contribution < 1.29 is 9.21 Å². The topological polar surface area (TPSA) is 72.1 Å². The molecule has 0 aliphatic heterocycles. The molecule has 0 aliphatic carbocycles. The van der Waals surface area contributed by atoms with Gasteiger partial charge in [0, 0.05) is 22.9 Å². The van der Waals surface area contributed by atoms with E-state index in [4.69, 9.17) is 16.0 Å². The summed E-state index contributed by atoms with van der Waals surface area (Å²) in [5, 5.41) is 15.7. The number of aromatic nitrogens is 3. The van der Waals surface area contributed by atoms with E-state index in [1.165, 1.54) is 0 Å². The summed E-state index contributed by atoms with van der Waals surface area (Å²) >= 11 is 9.39. The molecule has 4 aromatic rings. The van der Waals surface area contributed by atoms with Crippen LogP contribution in [0.1, 0.15) is 24.9 Å². The van der Waals surface area contributed by atoms with Crippen molar-refractivity contribution in [3.63, 3.8) is 0 Å². The standard InChI is InChI=1S/C21H19ClN4O2S2/c1-2-8-26(11-18-24-25-20(28-18)16-5-3-4-6-17(16)22)19(27)10-15-13-30-21(23-15)14-7-9-29-12-14/h3-7,9,12-13H,2,8,10-11H2,1H3. The van der Waals surface area contributed by atoms with Gasteiger partial charge in [0.15, 0.2) is 0 Å². The minimum absolute atomic E-state index is 0.0171. The van der Waals surface area contributed by atoms with Crippen LogP contribution in [0.2, 0.25) is 5.02 Å². The molecule has 154 valence electrons. The Labute approximate surface area is 187 Å². The number of rotatable bonds is 8. The Morgan fingerprint density at radius 1 is 1.20 bits per heavy atom. The summed E-state index contributed by atoms with van der Waals surface area (Å²) in [6.07, 6.45) is 1.07. The highest BCUT2D eigenvalue weighted by Gasteiger charge is 2.19. The Balaban J connectivity index is 1.45. The van der Waals surface area contributed by atoms with Gasteiger partial charge < -0.3 is 9.32 Å². The van der Waals surface area contributed by atoms with Crippen LogP contribution in [0.4, 0.5) is 0 Å². The second-order valence-corrected chi connectivity index (χ2v) is 8.67. The molecule has 0 fully saturated rings. The van der Waals surface area contributed by atoms with Crippen LogP contribution < -0.4 is 0 Å². The highest BCUT2D eigenvalue weighted by Crippen LogP contribution is 2.27. The molecule has 9 heteroatoms. The van der Waals surface area contributed by atoms with E-state index in [1.54, 1.807) is 33.6 Å². The molecule has 0 N–H and O–H groups in total. The van der Waals surface area contributed by atoms with E-state index < -0.39 is 0 Å². The van der Waals surface area contributed by atoms with E-state index in [2.05, 4.69) is 20.6 Å². The summed E-state index contributed by atoms with van der Waals surface area (Å²) in [4.78, 5) is 19.3. The lowest BCUT2D eigenvalue weighted by Crippen LogP contribution is -2.32. The molecule has 6 nitrogen and oxygen atoms in total. The zero-order valence-corrected chi connectivity index (χ0v) is 18.6. The van der Waals surface area contributed by atoms with E-state index in [-0.39, 0.29) is 18.9 Å². The fourth-order valence-corrected chi connectivity index (χ4v) is 4.71. The maximum Gasteiger partial charge on any atom is 0.249 e. The third-order valence-electron chi connectivity index (χ3n) is 4.40. The maximum absolute atomic E-state index is 12.9. The molecule has 0 spiro atoms. The quantitative estimate of drug-likeness (QED) is 0.346. The maximum atomic E-state index is 12.9. The number of halogens is 1. The number of amides is 1. The van der Waals surface area contributed by atoms with Gasteiger partial charge in [-0.25, -0.2) is 4.98 Å². The minimum Gasteiger partial charge on any atom is -0.419 e. The predicted octanol–water partition coefficient (Wildman–Crippen LogP) is 5.56. The fraction of sp³-hybridized carbons (Fsp3) is 0.238. The first kappa shape index (κ1) is 20.7. The van der Waals surface area contributed by atoms with Gasteiger partial charge in [-0.2, -0.15) is 11.3 Å². The van der Waals surface area contributed by atoms with Gasteiger partial charge in [0.2, 0.25) is 17.7 Å². The van der Waals surface area contributed by atoms with E-state index in [9.17, 15) is 4.79 Å². The molecule has 0 atom stereocenters. The first-order valence-corrected chi connectivity index (χ1v) is 11.7. The van der Waals surface area contributed by atoms with Crippen molar-refractivity contribution in [1.29, 1.82) is 0 Å². The van der Waals surface area contributed by atoms with Crippen LogP contribution in [0.3, 0.4) is 0 Å². The zero-order valence-electron chi connectivity index (χ0n) is 16.2. The van der Waals surface area contributed by atoms with Crippen LogP contribution in [0.15, 0.2) is 50.9 Å². The molecule has 1 amide bonds. The highest BCUT2D eigenvalue weighted by atomic mass is 35.5. The van der Waals surface area contributed by atoms with Gasteiger partial charge in [-0.05, 0) is 30.0 Å². The van der Waals surface area contributed by atoms with Crippen molar-refractivity contribution in [2.75, 3.05) is 6.54 Å². The van der Waals surface area contributed by atoms with Crippen molar-refractivity contribution in [2.24, 2.45) is 0 Å². The van der Waals surface area contributed by atoms with Crippen LogP contribution >= 0.6 is 34.3 Å². The molecular weight excluding hydrogens is 440 g/mol. The number of hydrogen-bond donors (Lipinski definition) is 0. The number of hydrogen-bond acceptors (Lipinski definition) is 7. The normalized spacial score (nSPS) is 11.0. The van der Waals surface area contributed by atoms with E-state index >= 15 is 0 Å². The fourth-order valence-electron chi connectivity index (χ4n) is 2.96. The zero-order chi connectivity index (χ0) is 20.9. The molecule has 0 saturated heterocycles. The number of benzene rings is 1. The third kappa shape index (κ3) is 4.77. The van der Waals surface area contributed by atoms with Crippen LogP contribution in [0.5, 0.6) is 0 Å². The molecule has 0 bridgehead atoms. The highest BCUT2D eigenvalue weighted by molar-refractivity contribution is 7.14. The minimum atomic E-state index is -0.0171. The summed E-state index contributed by atoms with van der Waals surface area (Å²) < 4.78 is 5.77. The van der Waals surface area contributed by atoms with Gasteiger partial charge in [0.05, 0.1) is 29.2 Å². The van der Waals surface area contributed by atoms with Crippen molar-refractivity contribution >= 4 is 40.2 Å². The summed E-state index contributed by atoms with van der Waals surface area (Å²) in [6, 6.07) is 9.32. The average Bonchev–Trinajstić information content (AvgIpc) is 3.50. The Hall–Kier alpha value is -2.55. The van der Waals surface area contributed by atoms with Gasteiger partial charge in [-0.15, -0.1) is 21.5 Å². The summed E-state index contributed by atoms with van der Waals surface area (Å²) in [5.74, 6) is 0.708. The lowest BCUT2D eigenvalue weighted by molar-refractivity contribution is -0.131. The Kier molecular flexibility index (Phi) is 6.56. The van der Waals surface area contributed by atoms with Crippen molar-refractivity contribution in [3.05, 3.63) is 63.1 Å². The molecule has 1 aromatic carbocycles. The van der Waals surface area contributed by atoms with Crippen LogP contribution in [-0.2, 0) is 17.8 Å². The van der Waals surface area contributed by atoms with E-state index in [0.717, 1.165) is 22.7 Å². The smallest absolute Gasteiger partial charge is 0.249 e. The van der Waals surface area contributed by atoms with Gasteiger partial charge in [-0.3, -0.25) is 4.79 Å². The van der Waals surface area contributed by atoms with Gasteiger partial charge in [0.25, 0.3) is 0 Å². The molecule has 0 aliphatic rings. The predicted molar refractivity (Wildman–Crippen MR) is 120 cm³/mol. The van der Waals surface area contributed by atoms with E-state index in [1.807, 2.05) is 41.9 Å². The number of thiazole rings is 1. The van der Waals surface area contributed by atoms with Crippen molar-refractivity contribution in [1.82, 2.24) is 20.1 Å². The molecule has 4 rings (SSSR count). The Morgan fingerprint density at radius 3 is 2.83 bits per heavy atom. The Bertz CT molecular complexity index is 1120. The number of carbonyl (C=O) groups excluding carboxylic acids is 1. The summed E-state index contributed by atoms with van der Waals surface area (Å²) in [7, 11) is 0. The third-order valence-corrected chi connectivity index (χ3v) is 6.35. The number of carbonyl (C=O) groups is 1. The molecular formula is C21H19ClN4O2S2. The van der Waals surface area contributed by atoms with Crippen molar-refractivity contribution in [2.45, 2.75) is 26.3 Å². The Morgan fingerprint density at radius 2 is 2.07 bits per heavy atom. The van der Waals surface area contributed by atoms with E-state index in [0.29, 0.717) is 28.9 Å².